The van der Waals surface area contributed by atoms with Gasteiger partial charge in [0, 0.05) is 29.2 Å². The minimum atomic E-state index is -0.897. The molecule has 8 heteroatoms. The predicted octanol–water partition coefficient (Wildman–Crippen LogP) is 4.05. The van der Waals surface area contributed by atoms with Crippen LogP contribution in [0.15, 0.2) is 42.6 Å². The molecule has 0 spiro atoms. The maximum Gasteiger partial charge on any atom is 0.407 e. The van der Waals surface area contributed by atoms with Crippen molar-refractivity contribution in [3.8, 4) is 5.88 Å². The van der Waals surface area contributed by atoms with Gasteiger partial charge >= 0.3 is 6.09 Å². The quantitative estimate of drug-likeness (QED) is 0.671. The molecule has 31 heavy (non-hydrogen) atoms. The summed E-state index contributed by atoms with van der Waals surface area (Å²) in [5, 5.41) is 6.44. The van der Waals surface area contributed by atoms with Crippen LogP contribution in [-0.4, -0.2) is 43.3 Å². The van der Waals surface area contributed by atoms with Crippen LogP contribution in [-0.2, 0) is 9.53 Å². The molecule has 1 aromatic heterocycles. The average Bonchev–Trinajstić information content (AvgIpc) is 2.80. The Morgan fingerprint density at radius 1 is 1.03 bits per heavy atom. The second-order valence-corrected chi connectivity index (χ2v) is 8.06. The Morgan fingerprint density at radius 3 is 2.29 bits per heavy atom. The van der Waals surface area contributed by atoms with Crippen LogP contribution in [0.25, 0.3) is 0 Å². The Bertz CT molecular complexity index is 867. The molecule has 1 aromatic carbocycles. The Kier molecular flexibility index (Phi) is 8.12. The number of pyridine rings is 1. The molecule has 166 valence electrons. The third kappa shape index (κ3) is 6.10. The molecule has 7 nitrogen and oxygen atoms in total. The largest absolute Gasteiger partial charge is 0.481 e. The van der Waals surface area contributed by atoms with Crippen LogP contribution >= 0.6 is 11.6 Å². The van der Waals surface area contributed by atoms with Gasteiger partial charge in [-0.2, -0.15) is 0 Å². The number of nitrogens with zero attached hydrogens (tertiary/aromatic N) is 1. The Balaban J connectivity index is 1.98. The van der Waals surface area contributed by atoms with Gasteiger partial charge in [0.1, 0.15) is 6.04 Å². The van der Waals surface area contributed by atoms with Crippen LogP contribution < -0.4 is 15.4 Å². The van der Waals surface area contributed by atoms with Gasteiger partial charge in [0.05, 0.1) is 14.2 Å². The molecule has 2 atom stereocenters. The minimum absolute atomic E-state index is 0.100. The van der Waals surface area contributed by atoms with Crippen molar-refractivity contribution in [2.45, 2.75) is 50.1 Å². The van der Waals surface area contributed by atoms with E-state index in [1.807, 2.05) is 18.2 Å². The van der Waals surface area contributed by atoms with Crippen molar-refractivity contribution in [1.29, 1.82) is 0 Å². The van der Waals surface area contributed by atoms with Crippen molar-refractivity contribution < 1.29 is 19.1 Å². The predicted molar refractivity (Wildman–Crippen MR) is 118 cm³/mol. The number of carbonyl (C=O) groups is 2. The number of alkyl carbamates (subject to hydrolysis) is 1. The molecule has 1 saturated carbocycles. The molecule has 1 fully saturated rings. The summed E-state index contributed by atoms with van der Waals surface area (Å²) in [6, 6.07) is 9.98. The van der Waals surface area contributed by atoms with Crippen molar-refractivity contribution in [3.63, 3.8) is 0 Å². The van der Waals surface area contributed by atoms with E-state index in [-0.39, 0.29) is 11.9 Å². The van der Waals surface area contributed by atoms with Crippen LogP contribution in [0.2, 0.25) is 5.02 Å². The number of halogens is 1. The first-order chi connectivity index (χ1) is 15.0. The lowest BCUT2D eigenvalue weighted by Gasteiger charge is -2.30. The van der Waals surface area contributed by atoms with Crippen molar-refractivity contribution in [3.05, 3.63) is 58.7 Å². The Hall–Kier alpha value is -2.80. The topological polar surface area (TPSA) is 89.5 Å². The van der Waals surface area contributed by atoms with Gasteiger partial charge in [-0.15, -0.1) is 0 Å². The highest BCUT2D eigenvalue weighted by molar-refractivity contribution is 6.30. The summed E-state index contributed by atoms with van der Waals surface area (Å²) in [6.07, 6.45) is 6.20. The summed E-state index contributed by atoms with van der Waals surface area (Å²) >= 11 is 6.08. The van der Waals surface area contributed by atoms with Crippen LogP contribution in [0, 0.1) is 0 Å². The van der Waals surface area contributed by atoms with Crippen molar-refractivity contribution in [2.24, 2.45) is 0 Å². The highest BCUT2D eigenvalue weighted by Crippen LogP contribution is 2.30. The average molecular weight is 446 g/mol. The van der Waals surface area contributed by atoms with Crippen molar-refractivity contribution >= 4 is 23.6 Å². The fourth-order valence-electron chi connectivity index (χ4n) is 3.97. The Labute approximate surface area is 187 Å². The number of methoxy groups -OCH3 is 2. The highest BCUT2D eigenvalue weighted by Gasteiger charge is 2.34. The van der Waals surface area contributed by atoms with Gasteiger partial charge in [-0.3, -0.25) is 4.79 Å². The molecule has 1 aliphatic carbocycles. The molecule has 1 unspecified atom stereocenters. The van der Waals surface area contributed by atoms with Crippen LogP contribution in [0.3, 0.4) is 0 Å². The molecule has 1 aliphatic rings. The molecule has 0 aliphatic heterocycles. The molecular formula is C23H28ClN3O4. The summed E-state index contributed by atoms with van der Waals surface area (Å²) in [5.74, 6) is -0.297. The number of rotatable bonds is 7. The first kappa shape index (κ1) is 22.9. The number of hydrogen-bond donors (Lipinski definition) is 2. The molecule has 0 bridgehead atoms. The number of nitrogens with one attached hydrogen (secondary N) is 2. The molecule has 0 radical (unpaired) electrons. The first-order valence-corrected chi connectivity index (χ1v) is 10.8. The highest BCUT2D eigenvalue weighted by atomic mass is 35.5. The summed E-state index contributed by atoms with van der Waals surface area (Å²) in [7, 11) is 2.82. The summed E-state index contributed by atoms with van der Waals surface area (Å²) in [6.45, 7) is 0. The third-order valence-electron chi connectivity index (χ3n) is 5.58. The maximum atomic E-state index is 13.4. The van der Waals surface area contributed by atoms with E-state index < -0.39 is 18.1 Å². The van der Waals surface area contributed by atoms with Gasteiger partial charge in [0.25, 0.3) is 0 Å². The van der Waals surface area contributed by atoms with Crippen LogP contribution in [0.1, 0.15) is 49.1 Å². The number of carbonyl (C=O) groups excluding carboxylic acids is 2. The summed E-state index contributed by atoms with van der Waals surface area (Å²) in [4.78, 5) is 29.9. The first-order valence-electron chi connectivity index (χ1n) is 10.4. The van der Waals surface area contributed by atoms with Crippen LogP contribution in [0.4, 0.5) is 4.79 Å². The molecule has 1 heterocycles. The molecular weight excluding hydrogens is 418 g/mol. The van der Waals surface area contributed by atoms with Crippen molar-refractivity contribution in [1.82, 2.24) is 15.6 Å². The number of ether oxygens (including phenoxy) is 2. The van der Waals surface area contributed by atoms with Crippen molar-refractivity contribution in [2.75, 3.05) is 14.2 Å². The van der Waals surface area contributed by atoms with E-state index in [1.54, 1.807) is 24.4 Å². The minimum Gasteiger partial charge on any atom is -0.481 e. The second-order valence-electron chi connectivity index (χ2n) is 7.62. The fraction of sp³-hybridized carbons (Fsp3) is 0.435. The monoisotopic (exact) mass is 445 g/mol. The standard InChI is InChI=1S/C23H28ClN3O4/c1-30-19-13-10-16(14-25-19)20(15-8-11-17(24)12-9-15)21(27-23(29)31-2)22(28)26-18-6-4-3-5-7-18/h8-14,18,20-21H,3-7H2,1-2H3,(H,26,28)(H,27,29)/t20-,21?/m0/s1. The third-order valence-corrected chi connectivity index (χ3v) is 5.83. The second kappa shape index (κ2) is 11.0. The van der Waals surface area contributed by atoms with E-state index >= 15 is 0 Å². The zero-order valence-electron chi connectivity index (χ0n) is 17.8. The number of aromatic nitrogens is 1. The molecule has 3 rings (SSSR count). The summed E-state index contributed by atoms with van der Waals surface area (Å²) in [5.41, 5.74) is 1.57. The lowest BCUT2D eigenvalue weighted by atomic mass is 9.84. The van der Waals surface area contributed by atoms with E-state index in [0.29, 0.717) is 10.9 Å². The van der Waals surface area contributed by atoms with Gasteiger partial charge in [-0.25, -0.2) is 9.78 Å². The fourth-order valence-corrected chi connectivity index (χ4v) is 4.09. The van der Waals surface area contributed by atoms with Gasteiger partial charge in [-0.1, -0.05) is 49.1 Å². The molecule has 0 saturated heterocycles. The SMILES string of the molecule is COC(=O)NC(C(=O)NC1CCCCC1)[C@@H](c1ccc(Cl)cc1)c1ccc(OC)nc1. The molecule has 2 amide bonds. The molecule has 2 aromatic rings. The van der Waals surface area contributed by atoms with E-state index in [2.05, 4.69) is 15.6 Å². The van der Waals surface area contributed by atoms with Gasteiger partial charge in [0.15, 0.2) is 0 Å². The zero-order chi connectivity index (χ0) is 22.2. The Morgan fingerprint density at radius 2 is 1.71 bits per heavy atom. The van der Waals surface area contributed by atoms with E-state index in [0.717, 1.165) is 36.8 Å². The lowest BCUT2D eigenvalue weighted by Crippen LogP contribution is -2.53. The number of benzene rings is 1. The zero-order valence-corrected chi connectivity index (χ0v) is 18.5. The van der Waals surface area contributed by atoms with E-state index in [9.17, 15) is 9.59 Å². The summed E-state index contributed by atoms with van der Waals surface area (Å²) < 4.78 is 9.97. The molecule has 2 N–H and O–H groups in total. The lowest BCUT2D eigenvalue weighted by molar-refractivity contribution is -0.124. The van der Waals surface area contributed by atoms with E-state index in [1.165, 1.54) is 20.6 Å². The normalized spacial score (nSPS) is 16.1. The number of amides is 2. The maximum absolute atomic E-state index is 13.4. The van der Waals surface area contributed by atoms with Crippen LogP contribution in [0.5, 0.6) is 5.88 Å². The van der Waals surface area contributed by atoms with E-state index in [4.69, 9.17) is 21.1 Å². The van der Waals surface area contributed by atoms with Gasteiger partial charge in [0.2, 0.25) is 11.8 Å². The smallest absolute Gasteiger partial charge is 0.407 e. The van der Waals surface area contributed by atoms with Gasteiger partial charge < -0.3 is 20.1 Å². The number of hydrogen-bond acceptors (Lipinski definition) is 5. The van der Waals surface area contributed by atoms with Gasteiger partial charge in [-0.05, 0) is 36.1 Å².